The third-order valence-electron chi connectivity index (χ3n) is 0.529. The quantitative estimate of drug-likeness (QED) is 0.631. The van der Waals surface area contributed by atoms with Gasteiger partial charge in [-0.25, -0.2) is 13.0 Å². The Kier molecular flexibility index (Phi) is 4.42. The van der Waals surface area contributed by atoms with Gasteiger partial charge in [-0.1, -0.05) is 0 Å². The number of rotatable bonds is 5. The van der Waals surface area contributed by atoms with Crippen LogP contribution in [0.5, 0.6) is 0 Å². The summed E-state index contributed by atoms with van der Waals surface area (Å²) in [4.78, 5) is 0. The van der Waals surface area contributed by atoms with Crippen LogP contribution in [-0.2, 0) is 18.8 Å². The van der Waals surface area contributed by atoms with Crippen molar-refractivity contribution in [3.63, 3.8) is 0 Å². The lowest BCUT2D eigenvalue weighted by Crippen LogP contribution is -2.17. The molecule has 0 aromatic rings. The minimum Gasteiger partial charge on any atom is -0.242 e. The van der Waals surface area contributed by atoms with Gasteiger partial charge >= 0.3 is 17.0 Å². The van der Waals surface area contributed by atoms with Gasteiger partial charge in [0.15, 0.2) is 0 Å². The molecule has 0 heterocycles. The second-order valence-electron chi connectivity index (χ2n) is 1.44. The number of alkyl halides is 4. The molecule has 0 amide bonds. The van der Waals surface area contributed by atoms with Crippen LogP contribution in [-0.4, -0.2) is 28.1 Å². The molecule has 0 aliphatic rings. The van der Waals surface area contributed by atoms with Crippen LogP contribution in [0.4, 0.5) is 17.6 Å². The molecule has 0 radical (unpaired) electrons. The van der Waals surface area contributed by atoms with Gasteiger partial charge in [-0.15, -0.1) is 0 Å². The van der Waals surface area contributed by atoms with E-state index in [9.17, 15) is 26.0 Å². The van der Waals surface area contributed by atoms with Gasteiger partial charge in [0.25, 0.3) is 6.43 Å². The predicted octanol–water partition coefficient (Wildman–Crippen LogP) is 0.752. The van der Waals surface area contributed by atoms with Crippen LogP contribution >= 0.6 is 0 Å². The van der Waals surface area contributed by atoms with Crippen molar-refractivity contribution in [1.82, 2.24) is 0 Å². The molecular weight excluding hydrogens is 208 g/mol. The molecule has 0 fully saturated rings. The summed E-state index contributed by atoms with van der Waals surface area (Å²) in [5.74, 6) is 0. The summed E-state index contributed by atoms with van der Waals surface area (Å²) in [6.45, 7) is -5.12. The van der Waals surface area contributed by atoms with Gasteiger partial charge in [0.1, 0.15) is 6.61 Å². The molecule has 0 saturated carbocycles. The topological polar surface area (TPSA) is 52.6 Å². The summed E-state index contributed by atoms with van der Waals surface area (Å²) in [6, 6.07) is 0. The van der Waals surface area contributed by atoms with E-state index in [4.69, 9.17) is 0 Å². The average Bonchev–Trinajstić information content (AvgIpc) is 1.81. The molecule has 0 bridgehead atoms. The monoisotopic (exact) mass is 212 g/mol. The van der Waals surface area contributed by atoms with Gasteiger partial charge in [0.05, 0.1) is 0 Å². The van der Waals surface area contributed by atoms with E-state index in [-0.39, 0.29) is 0 Å². The Balaban J connectivity index is 3.89. The smallest absolute Gasteiger partial charge is 0.242 e. The van der Waals surface area contributed by atoms with E-state index in [1.807, 2.05) is 0 Å². The maximum atomic E-state index is 11.3. The maximum Gasteiger partial charge on any atom is 0.404 e. The fourth-order valence-corrected chi connectivity index (χ4v) is 0.755. The first-order valence-electron chi connectivity index (χ1n) is 2.47. The van der Waals surface area contributed by atoms with E-state index in [2.05, 4.69) is 8.37 Å². The Morgan fingerprint density at radius 3 is 2.00 bits per heavy atom. The number of halogens is 4. The molecular formula is C3H4F4O4S. The van der Waals surface area contributed by atoms with Crippen LogP contribution in [0.2, 0.25) is 0 Å². The SMILES string of the molecule is O=S(=O)(OCC(F)F)OC(F)F. The zero-order chi connectivity index (χ0) is 9.78. The van der Waals surface area contributed by atoms with Crippen LogP contribution in [0, 0.1) is 0 Å². The Morgan fingerprint density at radius 2 is 1.67 bits per heavy atom. The molecule has 0 aromatic heterocycles. The minimum absolute atomic E-state index is 1.50. The van der Waals surface area contributed by atoms with Gasteiger partial charge in [-0.3, -0.25) is 0 Å². The summed E-state index contributed by atoms with van der Waals surface area (Å²) in [7, 11) is -5.01. The van der Waals surface area contributed by atoms with E-state index in [1.165, 1.54) is 0 Å². The summed E-state index contributed by atoms with van der Waals surface area (Å²) >= 11 is 0. The summed E-state index contributed by atoms with van der Waals surface area (Å²) in [5, 5.41) is 0. The van der Waals surface area contributed by atoms with Crippen molar-refractivity contribution in [3.8, 4) is 0 Å². The molecule has 0 unspecified atom stereocenters. The van der Waals surface area contributed by atoms with E-state index in [1.54, 1.807) is 0 Å². The minimum atomic E-state index is -5.01. The highest BCUT2D eigenvalue weighted by atomic mass is 32.3. The zero-order valence-electron chi connectivity index (χ0n) is 5.41. The fraction of sp³-hybridized carbons (Fsp3) is 1.00. The van der Waals surface area contributed by atoms with Crippen LogP contribution in [0.25, 0.3) is 0 Å². The molecule has 0 rings (SSSR count). The number of hydrogen-bond donors (Lipinski definition) is 0. The Morgan fingerprint density at radius 1 is 1.17 bits per heavy atom. The van der Waals surface area contributed by atoms with E-state index in [0.717, 1.165) is 0 Å². The fourth-order valence-electron chi connectivity index (χ4n) is 0.252. The van der Waals surface area contributed by atoms with Gasteiger partial charge in [-0.2, -0.15) is 21.4 Å². The highest BCUT2D eigenvalue weighted by Crippen LogP contribution is 2.05. The molecule has 12 heavy (non-hydrogen) atoms. The van der Waals surface area contributed by atoms with Crippen molar-refractivity contribution in [2.24, 2.45) is 0 Å². The van der Waals surface area contributed by atoms with E-state index >= 15 is 0 Å². The van der Waals surface area contributed by atoms with Crippen molar-refractivity contribution in [2.45, 2.75) is 13.0 Å². The van der Waals surface area contributed by atoms with Crippen molar-refractivity contribution < 1.29 is 34.3 Å². The van der Waals surface area contributed by atoms with Crippen LogP contribution in [0.1, 0.15) is 0 Å². The van der Waals surface area contributed by atoms with Crippen molar-refractivity contribution >= 4 is 10.4 Å². The second-order valence-corrected chi connectivity index (χ2v) is 2.69. The molecule has 0 aliphatic carbocycles. The average molecular weight is 212 g/mol. The summed E-state index contributed by atoms with van der Waals surface area (Å²) < 4.78 is 71.3. The van der Waals surface area contributed by atoms with E-state index in [0.29, 0.717) is 0 Å². The Labute approximate surface area is 65.4 Å². The first-order chi connectivity index (χ1) is 5.33. The van der Waals surface area contributed by atoms with E-state index < -0.39 is 30.0 Å². The standard InChI is InChI=1S/C3H4F4O4S/c4-2(5)1-10-12(8,9)11-3(6)7/h2-3H,1H2. The van der Waals surface area contributed by atoms with Crippen molar-refractivity contribution in [1.29, 1.82) is 0 Å². The summed E-state index contributed by atoms with van der Waals surface area (Å²) in [6.07, 6.45) is -3.07. The van der Waals surface area contributed by atoms with Gasteiger partial charge in [0, 0.05) is 0 Å². The molecule has 0 aliphatic heterocycles. The highest BCUT2D eigenvalue weighted by Gasteiger charge is 2.20. The van der Waals surface area contributed by atoms with Crippen LogP contribution < -0.4 is 0 Å². The normalized spacial score (nSPS) is 12.8. The molecule has 0 N–H and O–H groups in total. The molecule has 4 nitrogen and oxygen atoms in total. The third-order valence-corrected chi connectivity index (χ3v) is 1.33. The lowest BCUT2D eigenvalue weighted by molar-refractivity contribution is -0.0581. The Bertz CT molecular complexity index is 212. The number of hydrogen-bond acceptors (Lipinski definition) is 4. The molecule has 9 heteroatoms. The van der Waals surface area contributed by atoms with Crippen molar-refractivity contribution in [3.05, 3.63) is 0 Å². The lowest BCUT2D eigenvalue weighted by atomic mass is 10.8. The Hall–Kier alpha value is -0.410. The van der Waals surface area contributed by atoms with Crippen LogP contribution in [0.3, 0.4) is 0 Å². The zero-order valence-corrected chi connectivity index (χ0v) is 6.23. The van der Waals surface area contributed by atoms with Crippen molar-refractivity contribution in [2.75, 3.05) is 6.61 Å². The largest absolute Gasteiger partial charge is 0.404 e. The lowest BCUT2D eigenvalue weighted by Gasteiger charge is -2.03. The summed E-state index contributed by atoms with van der Waals surface area (Å²) in [5.41, 5.74) is 0. The molecule has 0 saturated heterocycles. The van der Waals surface area contributed by atoms with Gasteiger partial charge in [0.2, 0.25) is 0 Å². The second kappa shape index (κ2) is 4.58. The van der Waals surface area contributed by atoms with Gasteiger partial charge in [-0.05, 0) is 0 Å². The van der Waals surface area contributed by atoms with Crippen LogP contribution in [0.15, 0.2) is 0 Å². The third kappa shape index (κ3) is 6.31. The maximum absolute atomic E-state index is 11.3. The van der Waals surface area contributed by atoms with Gasteiger partial charge < -0.3 is 0 Å². The predicted molar refractivity (Wildman–Crippen MR) is 28.0 cm³/mol. The molecule has 0 atom stereocenters. The first-order valence-corrected chi connectivity index (χ1v) is 3.81. The first kappa shape index (κ1) is 11.6. The molecule has 74 valence electrons. The molecule has 0 aromatic carbocycles. The molecule has 0 spiro atoms. The highest BCUT2D eigenvalue weighted by molar-refractivity contribution is 7.81.